The van der Waals surface area contributed by atoms with Gasteiger partial charge in [-0.1, -0.05) is 42.5 Å². The third-order valence-electron chi connectivity index (χ3n) is 4.60. The number of hydrogen-bond acceptors (Lipinski definition) is 4. The normalized spacial score (nSPS) is 12.4. The monoisotopic (exact) mass is 403 g/mol. The van der Waals surface area contributed by atoms with Crippen molar-refractivity contribution in [2.75, 3.05) is 13.2 Å². The molecule has 1 atom stereocenters. The molecule has 0 amide bonds. The molecule has 0 aliphatic rings. The third-order valence-corrected chi connectivity index (χ3v) is 4.60. The van der Waals surface area contributed by atoms with Gasteiger partial charge in [-0.25, -0.2) is 4.79 Å². The lowest BCUT2D eigenvalue weighted by Crippen LogP contribution is -2.26. The first kappa shape index (κ1) is 21.3. The Morgan fingerprint density at radius 2 is 1.67 bits per heavy atom. The maximum Gasteiger partial charge on any atom is 0.333 e. The first-order valence-corrected chi connectivity index (χ1v) is 9.89. The average molecular weight is 403 g/mol. The fraction of sp³-hybridized carbons (Fsp3) is 0.200. The smallest absolute Gasteiger partial charge is 0.333 e. The minimum atomic E-state index is -0.952. The molecule has 1 N–H and O–H groups in total. The first-order chi connectivity index (χ1) is 14.7. The van der Waals surface area contributed by atoms with Gasteiger partial charge in [-0.05, 0) is 59.5 Å². The van der Waals surface area contributed by atoms with Crippen molar-refractivity contribution in [3.05, 3.63) is 102 Å². The Labute approximate surface area is 176 Å². The van der Waals surface area contributed by atoms with Crippen LogP contribution in [0.25, 0.3) is 5.57 Å². The first-order valence-electron chi connectivity index (χ1n) is 9.89. The van der Waals surface area contributed by atoms with Crippen LogP contribution >= 0.6 is 0 Å². The molecule has 30 heavy (non-hydrogen) atoms. The molecule has 3 rings (SSSR count). The van der Waals surface area contributed by atoms with E-state index in [9.17, 15) is 9.90 Å². The second kappa shape index (κ2) is 10.9. The number of benzene rings is 2. The predicted octanol–water partition coefficient (Wildman–Crippen LogP) is 4.62. The fourth-order valence-electron chi connectivity index (χ4n) is 3.13. The molecule has 0 fully saturated rings. The van der Waals surface area contributed by atoms with Crippen LogP contribution < -0.4 is 4.74 Å². The highest BCUT2D eigenvalue weighted by Crippen LogP contribution is 2.23. The lowest BCUT2D eigenvalue weighted by atomic mass is 9.99. The van der Waals surface area contributed by atoms with Crippen LogP contribution in [0.4, 0.5) is 0 Å². The molecule has 154 valence electrons. The average Bonchev–Trinajstić information content (AvgIpc) is 2.78. The van der Waals surface area contributed by atoms with Crippen LogP contribution in [-0.2, 0) is 16.0 Å². The number of ether oxygens (including phenoxy) is 2. The Kier molecular flexibility index (Phi) is 7.75. The minimum Gasteiger partial charge on any atom is -0.490 e. The van der Waals surface area contributed by atoms with Gasteiger partial charge in [0.1, 0.15) is 12.4 Å². The van der Waals surface area contributed by atoms with Gasteiger partial charge in [-0.15, -0.1) is 0 Å². The summed E-state index contributed by atoms with van der Waals surface area (Å²) in [6, 6.07) is 21.5. The van der Waals surface area contributed by atoms with E-state index in [1.807, 2.05) is 60.7 Å². The van der Waals surface area contributed by atoms with Crippen LogP contribution in [0.3, 0.4) is 0 Å². The van der Waals surface area contributed by atoms with E-state index < -0.39 is 12.1 Å². The summed E-state index contributed by atoms with van der Waals surface area (Å²) in [5, 5.41) is 9.22. The van der Waals surface area contributed by atoms with Gasteiger partial charge >= 0.3 is 5.97 Å². The zero-order valence-electron chi connectivity index (χ0n) is 16.9. The summed E-state index contributed by atoms with van der Waals surface area (Å²) in [4.78, 5) is 15.3. The van der Waals surface area contributed by atoms with Crippen molar-refractivity contribution >= 4 is 11.5 Å². The molecule has 0 spiro atoms. The number of hydrogen-bond donors (Lipinski definition) is 1. The molecule has 0 aliphatic carbocycles. The molecule has 1 aromatic heterocycles. The zero-order chi connectivity index (χ0) is 21.2. The van der Waals surface area contributed by atoms with E-state index in [1.54, 1.807) is 19.3 Å². The number of pyridine rings is 1. The van der Waals surface area contributed by atoms with E-state index >= 15 is 0 Å². The maximum atomic E-state index is 11.2. The summed E-state index contributed by atoms with van der Waals surface area (Å²) >= 11 is 0. The highest BCUT2D eigenvalue weighted by atomic mass is 16.5. The second-order valence-electron chi connectivity index (χ2n) is 6.66. The number of aromatic nitrogens is 1. The maximum absolute atomic E-state index is 11.2. The zero-order valence-corrected chi connectivity index (χ0v) is 16.9. The molecule has 0 saturated carbocycles. The Morgan fingerprint density at radius 1 is 1.00 bits per heavy atom. The Morgan fingerprint density at radius 3 is 2.30 bits per heavy atom. The highest BCUT2D eigenvalue weighted by molar-refractivity contribution is 5.79. The predicted molar refractivity (Wildman–Crippen MR) is 116 cm³/mol. The van der Waals surface area contributed by atoms with Crippen LogP contribution in [0.15, 0.2) is 85.2 Å². The van der Waals surface area contributed by atoms with E-state index in [2.05, 4.69) is 17.1 Å². The number of aliphatic carboxylic acids is 1. The standard InChI is InChI=1S/C25H25NO4/c1-2-29-24(25(27)28)18-19-8-10-22(11-9-19)30-17-14-23(20-6-4-3-5-7-20)21-12-15-26-16-13-21/h3-16,24H,2,17-18H2,1H3,(H,27,28)/b23-14+. The van der Waals surface area contributed by atoms with E-state index in [0.29, 0.717) is 19.6 Å². The minimum absolute atomic E-state index is 0.323. The van der Waals surface area contributed by atoms with Gasteiger partial charge in [-0.3, -0.25) is 4.98 Å². The van der Waals surface area contributed by atoms with E-state index in [0.717, 1.165) is 28.0 Å². The van der Waals surface area contributed by atoms with Gasteiger partial charge in [0.15, 0.2) is 6.10 Å². The lowest BCUT2D eigenvalue weighted by Gasteiger charge is -2.13. The molecule has 5 heteroatoms. The molecule has 0 saturated heterocycles. The van der Waals surface area contributed by atoms with Crippen molar-refractivity contribution in [1.29, 1.82) is 0 Å². The van der Waals surface area contributed by atoms with Gasteiger partial charge < -0.3 is 14.6 Å². The molecule has 3 aromatic rings. The molecular weight excluding hydrogens is 378 g/mol. The van der Waals surface area contributed by atoms with Crippen molar-refractivity contribution in [3.63, 3.8) is 0 Å². The Hall–Kier alpha value is -3.44. The van der Waals surface area contributed by atoms with Crippen molar-refractivity contribution in [2.45, 2.75) is 19.4 Å². The Bertz CT molecular complexity index is 912. The van der Waals surface area contributed by atoms with Gasteiger partial charge in [0.2, 0.25) is 0 Å². The van der Waals surface area contributed by atoms with E-state index in [1.165, 1.54) is 0 Å². The molecular formula is C25H25NO4. The van der Waals surface area contributed by atoms with Crippen LogP contribution in [0.1, 0.15) is 23.6 Å². The summed E-state index contributed by atoms with van der Waals surface area (Å²) < 4.78 is 11.2. The summed E-state index contributed by atoms with van der Waals surface area (Å²) in [6.07, 6.45) is 5.09. The molecule has 1 heterocycles. The largest absolute Gasteiger partial charge is 0.490 e. The second-order valence-corrected chi connectivity index (χ2v) is 6.66. The van der Waals surface area contributed by atoms with Crippen molar-refractivity contribution < 1.29 is 19.4 Å². The van der Waals surface area contributed by atoms with Gasteiger partial charge in [0, 0.05) is 25.4 Å². The molecule has 5 nitrogen and oxygen atoms in total. The summed E-state index contributed by atoms with van der Waals surface area (Å²) in [6.45, 7) is 2.56. The van der Waals surface area contributed by atoms with Gasteiger partial charge in [0.25, 0.3) is 0 Å². The van der Waals surface area contributed by atoms with Crippen LogP contribution in [0, 0.1) is 0 Å². The number of rotatable bonds is 10. The fourth-order valence-corrected chi connectivity index (χ4v) is 3.13. The number of nitrogens with zero attached hydrogens (tertiary/aromatic N) is 1. The van der Waals surface area contributed by atoms with Gasteiger partial charge in [-0.2, -0.15) is 0 Å². The summed E-state index contributed by atoms with van der Waals surface area (Å²) in [5.41, 5.74) is 4.15. The molecule has 0 aliphatic heterocycles. The molecule has 2 aromatic carbocycles. The summed E-state index contributed by atoms with van der Waals surface area (Å²) in [5.74, 6) is -0.229. The van der Waals surface area contributed by atoms with Crippen LogP contribution in [0.5, 0.6) is 5.75 Å². The molecule has 1 unspecified atom stereocenters. The quantitative estimate of drug-likeness (QED) is 0.535. The van der Waals surface area contributed by atoms with E-state index in [4.69, 9.17) is 9.47 Å². The molecule has 0 radical (unpaired) electrons. The highest BCUT2D eigenvalue weighted by Gasteiger charge is 2.17. The SMILES string of the molecule is CCOC(Cc1ccc(OC/C=C(\c2ccccc2)c2ccncc2)cc1)C(=O)O. The molecule has 0 bridgehead atoms. The van der Waals surface area contributed by atoms with Crippen molar-refractivity contribution in [3.8, 4) is 5.75 Å². The van der Waals surface area contributed by atoms with Crippen molar-refractivity contribution in [2.24, 2.45) is 0 Å². The van der Waals surface area contributed by atoms with E-state index in [-0.39, 0.29) is 0 Å². The van der Waals surface area contributed by atoms with Crippen molar-refractivity contribution in [1.82, 2.24) is 4.98 Å². The third kappa shape index (κ3) is 6.03. The number of carboxylic acid groups (broad SMARTS) is 1. The topological polar surface area (TPSA) is 68.7 Å². The number of carbonyl (C=O) groups is 1. The van der Waals surface area contributed by atoms with Crippen LogP contribution in [0.2, 0.25) is 0 Å². The summed E-state index contributed by atoms with van der Waals surface area (Å²) in [7, 11) is 0. The van der Waals surface area contributed by atoms with Gasteiger partial charge in [0.05, 0.1) is 0 Å². The number of carboxylic acids is 1. The van der Waals surface area contributed by atoms with Crippen LogP contribution in [-0.4, -0.2) is 35.4 Å². The Balaban J connectivity index is 1.67. The lowest BCUT2D eigenvalue weighted by molar-refractivity contribution is -0.149.